The van der Waals surface area contributed by atoms with Crippen molar-refractivity contribution in [3.63, 3.8) is 0 Å². The number of halogens is 1. The summed E-state index contributed by atoms with van der Waals surface area (Å²) in [6, 6.07) is 7.17. The van der Waals surface area contributed by atoms with Gasteiger partial charge >= 0.3 is 5.97 Å². The second-order valence-electron chi connectivity index (χ2n) is 4.52. The Hall–Kier alpha value is -1.03. The highest BCUT2D eigenvalue weighted by atomic mass is 79.9. The number of carboxylic acid groups (broad SMARTS) is 1. The second-order valence-corrected chi connectivity index (χ2v) is 5.43. The van der Waals surface area contributed by atoms with E-state index in [-0.39, 0.29) is 5.92 Å². The minimum absolute atomic E-state index is 0.256. The van der Waals surface area contributed by atoms with E-state index in [2.05, 4.69) is 21.2 Å². The molecule has 0 saturated heterocycles. The van der Waals surface area contributed by atoms with Crippen molar-refractivity contribution in [1.29, 1.82) is 0 Å². The molecule has 0 spiro atoms. The quantitative estimate of drug-likeness (QED) is 0.894. The summed E-state index contributed by atoms with van der Waals surface area (Å²) in [5, 5.41) is 12.4. The average molecular weight is 298 g/mol. The van der Waals surface area contributed by atoms with Crippen molar-refractivity contribution < 1.29 is 9.90 Å². The van der Waals surface area contributed by atoms with Gasteiger partial charge in [-0.3, -0.25) is 0 Å². The maximum absolute atomic E-state index is 11.3. The first-order valence-corrected chi connectivity index (χ1v) is 6.71. The number of aliphatic carboxylic acids is 1. The van der Waals surface area contributed by atoms with Gasteiger partial charge in [0.1, 0.15) is 6.04 Å². The summed E-state index contributed by atoms with van der Waals surface area (Å²) in [7, 11) is 0. The van der Waals surface area contributed by atoms with Crippen molar-refractivity contribution in [2.24, 2.45) is 5.92 Å². The van der Waals surface area contributed by atoms with Crippen molar-refractivity contribution in [3.05, 3.63) is 28.7 Å². The topological polar surface area (TPSA) is 49.3 Å². The fraction of sp³-hybridized carbons (Fsp3) is 0.462. The average Bonchev–Trinajstić information content (AvgIpc) is 2.78. The maximum atomic E-state index is 11.3. The predicted molar refractivity (Wildman–Crippen MR) is 71.1 cm³/mol. The zero-order valence-corrected chi connectivity index (χ0v) is 11.1. The van der Waals surface area contributed by atoms with Gasteiger partial charge in [-0.2, -0.15) is 0 Å². The number of hydrogen-bond donors (Lipinski definition) is 2. The molecule has 17 heavy (non-hydrogen) atoms. The molecule has 1 atom stereocenters. The van der Waals surface area contributed by atoms with Crippen LogP contribution in [0.4, 0.5) is 5.69 Å². The molecule has 0 radical (unpaired) electrons. The van der Waals surface area contributed by atoms with Crippen molar-refractivity contribution in [2.45, 2.75) is 31.7 Å². The zero-order chi connectivity index (χ0) is 12.3. The first-order valence-electron chi connectivity index (χ1n) is 5.92. The van der Waals surface area contributed by atoms with Crippen LogP contribution >= 0.6 is 15.9 Å². The third-order valence-corrected chi connectivity index (χ3v) is 3.78. The monoisotopic (exact) mass is 297 g/mol. The van der Waals surface area contributed by atoms with Gasteiger partial charge in [-0.1, -0.05) is 34.8 Å². The Labute approximate surface area is 109 Å². The van der Waals surface area contributed by atoms with E-state index >= 15 is 0 Å². The predicted octanol–water partition coefficient (Wildman–Crippen LogP) is 3.50. The van der Waals surface area contributed by atoms with Crippen LogP contribution in [0.25, 0.3) is 0 Å². The lowest BCUT2D eigenvalue weighted by Crippen LogP contribution is -2.35. The summed E-state index contributed by atoms with van der Waals surface area (Å²) in [6.45, 7) is 0. The molecule has 3 nitrogen and oxygen atoms in total. The van der Waals surface area contributed by atoms with Gasteiger partial charge in [-0.25, -0.2) is 4.79 Å². The molecule has 1 aliphatic carbocycles. The highest BCUT2D eigenvalue weighted by Gasteiger charge is 2.30. The largest absolute Gasteiger partial charge is 0.480 e. The SMILES string of the molecule is O=C(O)C(Nc1cccc(Br)c1)C1CCCC1. The molecular formula is C13H16BrNO2. The second kappa shape index (κ2) is 5.54. The molecule has 0 heterocycles. The number of anilines is 1. The van der Waals surface area contributed by atoms with Crippen molar-refractivity contribution in [2.75, 3.05) is 5.32 Å². The van der Waals surface area contributed by atoms with Gasteiger partial charge in [-0.05, 0) is 37.0 Å². The van der Waals surface area contributed by atoms with Crippen molar-refractivity contribution >= 4 is 27.6 Å². The molecule has 2 N–H and O–H groups in total. The van der Waals surface area contributed by atoms with Crippen LogP contribution in [0.15, 0.2) is 28.7 Å². The van der Waals surface area contributed by atoms with Gasteiger partial charge in [0.05, 0.1) is 0 Å². The third kappa shape index (κ3) is 3.22. The van der Waals surface area contributed by atoms with Crippen LogP contribution in [0.2, 0.25) is 0 Å². The van der Waals surface area contributed by atoms with E-state index in [1.807, 2.05) is 24.3 Å². The first-order chi connectivity index (χ1) is 8.16. The van der Waals surface area contributed by atoms with Crippen molar-refractivity contribution in [3.8, 4) is 0 Å². The van der Waals surface area contributed by atoms with Gasteiger partial charge in [0.2, 0.25) is 0 Å². The molecule has 1 aliphatic rings. The van der Waals surface area contributed by atoms with Crippen LogP contribution in [0.3, 0.4) is 0 Å². The van der Waals surface area contributed by atoms with Gasteiger partial charge in [-0.15, -0.1) is 0 Å². The highest BCUT2D eigenvalue weighted by molar-refractivity contribution is 9.10. The smallest absolute Gasteiger partial charge is 0.326 e. The standard InChI is InChI=1S/C13H16BrNO2/c14-10-6-3-7-11(8-10)15-12(13(16)17)9-4-1-2-5-9/h3,6-9,12,15H,1-2,4-5H2,(H,16,17). The molecule has 0 aromatic heterocycles. The molecule has 0 amide bonds. The lowest BCUT2D eigenvalue weighted by molar-refractivity contribution is -0.139. The molecular weight excluding hydrogens is 282 g/mol. The van der Waals surface area contributed by atoms with Gasteiger partial charge < -0.3 is 10.4 Å². The van der Waals surface area contributed by atoms with Crippen LogP contribution in [-0.2, 0) is 4.79 Å². The fourth-order valence-corrected chi connectivity index (χ4v) is 2.83. The summed E-state index contributed by atoms with van der Waals surface area (Å²) in [4.78, 5) is 11.3. The molecule has 1 unspecified atom stereocenters. The van der Waals surface area contributed by atoms with Crippen LogP contribution in [0.5, 0.6) is 0 Å². The summed E-state index contributed by atoms with van der Waals surface area (Å²) in [5.41, 5.74) is 0.860. The zero-order valence-electron chi connectivity index (χ0n) is 9.53. The van der Waals surface area contributed by atoms with Crippen LogP contribution in [0, 0.1) is 5.92 Å². The van der Waals surface area contributed by atoms with E-state index < -0.39 is 12.0 Å². The van der Waals surface area contributed by atoms with Gasteiger partial charge in [0.25, 0.3) is 0 Å². The Morgan fingerprint density at radius 3 is 2.71 bits per heavy atom. The summed E-state index contributed by atoms with van der Waals surface area (Å²) in [6.07, 6.45) is 4.32. The molecule has 0 bridgehead atoms. The lowest BCUT2D eigenvalue weighted by atomic mass is 9.98. The van der Waals surface area contributed by atoms with E-state index in [0.717, 1.165) is 35.8 Å². The molecule has 1 aromatic carbocycles. The Kier molecular flexibility index (Phi) is 4.05. The number of carboxylic acids is 1. The van der Waals surface area contributed by atoms with Crippen LogP contribution in [0.1, 0.15) is 25.7 Å². The number of benzene rings is 1. The Morgan fingerprint density at radius 2 is 2.12 bits per heavy atom. The summed E-state index contributed by atoms with van der Waals surface area (Å²) >= 11 is 3.39. The van der Waals surface area contributed by atoms with E-state index in [1.54, 1.807) is 0 Å². The Balaban J connectivity index is 2.09. The van der Waals surface area contributed by atoms with Crippen molar-refractivity contribution in [1.82, 2.24) is 0 Å². The molecule has 2 rings (SSSR count). The molecule has 1 fully saturated rings. The highest BCUT2D eigenvalue weighted by Crippen LogP contribution is 2.30. The number of carbonyl (C=O) groups is 1. The molecule has 92 valence electrons. The normalized spacial score (nSPS) is 17.9. The Bertz CT molecular complexity index is 402. The summed E-state index contributed by atoms with van der Waals surface area (Å²) < 4.78 is 0.957. The van der Waals surface area contributed by atoms with Crippen LogP contribution < -0.4 is 5.32 Å². The number of rotatable bonds is 4. The van der Waals surface area contributed by atoms with Gasteiger partial charge in [0.15, 0.2) is 0 Å². The Morgan fingerprint density at radius 1 is 1.41 bits per heavy atom. The lowest BCUT2D eigenvalue weighted by Gasteiger charge is -2.21. The molecule has 1 saturated carbocycles. The molecule has 0 aliphatic heterocycles. The molecule has 1 aromatic rings. The maximum Gasteiger partial charge on any atom is 0.326 e. The van der Waals surface area contributed by atoms with E-state index in [1.165, 1.54) is 0 Å². The third-order valence-electron chi connectivity index (χ3n) is 3.28. The number of nitrogens with one attached hydrogen (secondary N) is 1. The van der Waals surface area contributed by atoms with E-state index in [9.17, 15) is 9.90 Å². The summed E-state index contributed by atoms with van der Waals surface area (Å²) in [5.74, 6) is -0.497. The minimum Gasteiger partial charge on any atom is -0.480 e. The first kappa shape index (κ1) is 12.4. The molecule has 4 heteroatoms. The van der Waals surface area contributed by atoms with E-state index in [4.69, 9.17) is 0 Å². The number of hydrogen-bond acceptors (Lipinski definition) is 2. The fourth-order valence-electron chi connectivity index (χ4n) is 2.43. The van der Waals surface area contributed by atoms with Crippen LogP contribution in [-0.4, -0.2) is 17.1 Å². The van der Waals surface area contributed by atoms with Gasteiger partial charge in [0, 0.05) is 10.2 Å². The minimum atomic E-state index is -0.753. The van der Waals surface area contributed by atoms with E-state index in [0.29, 0.717) is 0 Å².